The van der Waals surface area contributed by atoms with Gasteiger partial charge in [0.2, 0.25) is 5.95 Å². The Morgan fingerprint density at radius 2 is 1.72 bits per heavy atom. The molecule has 126 valence electrons. The first-order valence-corrected chi connectivity index (χ1v) is 8.55. The second kappa shape index (κ2) is 6.51. The van der Waals surface area contributed by atoms with Gasteiger partial charge in [-0.1, -0.05) is 42.5 Å². The molecule has 5 heteroatoms. The average Bonchev–Trinajstić information content (AvgIpc) is 2.65. The number of aromatic nitrogens is 3. The van der Waals surface area contributed by atoms with Crippen LogP contribution in [0.15, 0.2) is 48.7 Å². The number of benzene rings is 2. The fourth-order valence-corrected chi connectivity index (χ4v) is 3.31. The predicted molar refractivity (Wildman–Crippen MR) is 100 cm³/mol. The zero-order valence-corrected chi connectivity index (χ0v) is 14.5. The molecule has 3 aromatic rings. The van der Waals surface area contributed by atoms with Crippen molar-refractivity contribution in [3.05, 3.63) is 70.9 Å². The summed E-state index contributed by atoms with van der Waals surface area (Å²) in [6.45, 7) is 5.96. The van der Waals surface area contributed by atoms with E-state index >= 15 is 0 Å². The van der Waals surface area contributed by atoms with Crippen LogP contribution in [0.2, 0.25) is 0 Å². The van der Waals surface area contributed by atoms with Gasteiger partial charge in [-0.25, -0.2) is 0 Å². The summed E-state index contributed by atoms with van der Waals surface area (Å²) in [5.74, 6) is 1.40. The molecule has 0 bridgehead atoms. The number of hydrogen-bond donors (Lipinski definition) is 1. The molecular formula is C20H21N5. The summed E-state index contributed by atoms with van der Waals surface area (Å²) in [6.07, 6.45) is 2.77. The van der Waals surface area contributed by atoms with E-state index < -0.39 is 0 Å². The van der Waals surface area contributed by atoms with Gasteiger partial charge in [-0.3, -0.25) is 0 Å². The maximum Gasteiger partial charge on any atom is 0.249 e. The van der Waals surface area contributed by atoms with E-state index in [-0.39, 0.29) is 0 Å². The van der Waals surface area contributed by atoms with Crippen LogP contribution < -0.4 is 10.2 Å². The van der Waals surface area contributed by atoms with Crippen molar-refractivity contribution >= 4 is 17.5 Å². The Bertz CT molecular complexity index is 886. The van der Waals surface area contributed by atoms with Crippen molar-refractivity contribution in [3.8, 4) is 0 Å². The van der Waals surface area contributed by atoms with E-state index in [0.717, 1.165) is 31.0 Å². The van der Waals surface area contributed by atoms with Gasteiger partial charge in [0.1, 0.15) is 0 Å². The fraction of sp³-hybridized carbons (Fsp3) is 0.250. The molecule has 25 heavy (non-hydrogen) atoms. The average molecular weight is 331 g/mol. The molecule has 0 radical (unpaired) electrons. The molecule has 1 aliphatic rings. The second-order valence-electron chi connectivity index (χ2n) is 6.47. The Kier molecular flexibility index (Phi) is 4.06. The van der Waals surface area contributed by atoms with Crippen LogP contribution in [0.25, 0.3) is 0 Å². The van der Waals surface area contributed by atoms with E-state index in [1.54, 1.807) is 6.20 Å². The van der Waals surface area contributed by atoms with Crippen molar-refractivity contribution < 1.29 is 0 Å². The molecule has 0 unspecified atom stereocenters. The van der Waals surface area contributed by atoms with Gasteiger partial charge in [0.05, 0.1) is 6.20 Å². The third-order valence-electron chi connectivity index (χ3n) is 4.72. The summed E-state index contributed by atoms with van der Waals surface area (Å²) < 4.78 is 0. The molecule has 0 spiro atoms. The lowest BCUT2D eigenvalue weighted by molar-refractivity contribution is 0.715. The van der Waals surface area contributed by atoms with E-state index in [9.17, 15) is 0 Å². The summed E-state index contributed by atoms with van der Waals surface area (Å²) in [5, 5.41) is 11.6. The number of rotatable bonds is 3. The quantitative estimate of drug-likeness (QED) is 0.791. The molecule has 0 amide bonds. The number of para-hydroxylation sites is 1. The molecule has 1 aromatic heterocycles. The van der Waals surface area contributed by atoms with E-state index in [1.165, 1.54) is 22.3 Å². The minimum Gasteiger partial charge on any atom is -0.350 e. The molecular weight excluding hydrogens is 310 g/mol. The molecule has 4 rings (SSSR count). The molecule has 0 saturated carbocycles. The van der Waals surface area contributed by atoms with Gasteiger partial charge in [0, 0.05) is 18.8 Å². The lowest BCUT2D eigenvalue weighted by atomic mass is 10.0. The molecule has 0 atom stereocenters. The van der Waals surface area contributed by atoms with Crippen molar-refractivity contribution in [1.82, 2.24) is 15.2 Å². The van der Waals surface area contributed by atoms with E-state index in [1.807, 2.05) is 0 Å². The van der Waals surface area contributed by atoms with Crippen LogP contribution >= 0.6 is 0 Å². The molecule has 2 heterocycles. The van der Waals surface area contributed by atoms with Crippen LogP contribution in [0.1, 0.15) is 22.3 Å². The predicted octanol–water partition coefficient (Wildman–Crippen LogP) is 3.79. The van der Waals surface area contributed by atoms with Crippen molar-refractivity contribution in [3.63, 3.8) is 0 Å². The Morgan fingerprint density at radius 1 is 0.960 bits per heavy atom. The van der Waals surface area contributed by atoms with Crippen LogP contribution in [0.3, 0.4) is 0 Å². The monoisotopic (exact) mass is 331 g/mol. The first kappa shape index (κ1) is 15.6. The highest BCUT2D eigenvalue weighted by Crippen LogP contribution is 2.25. The lowest BCUT2D eigenvalue weighted by Crippen LogP contribution is -2.31. The highest BCUT2D eigenvalue weighted by molar-refractivity contribution is 5.63. The lowest BCUT2D eigenvalue weighted by Gasteiger charge is -2.29. The molecule has 1 N–H and O–H groups in total. The normalized spacial score (nSPS) is 13.4. The SMILES string of the molecule is Cc1cccc(C)c1Nc1nncc(N2CCc3ccccc3C2)n1. The molecule has 1 aliphatic heterocycles. The Balaban J connectivity index is 1.58. The maximum absolute atomic E-state index is 4.69. The van der Waals surface area contributed by atoms with Crippen LogP contribution in [0.4, 0.5) is 17.5 Å². The number of nitrogens with zero attached hydrogens (tertiary/aromatic N) is 4. The third-order valence-corrected chi connectivity index (χ3v) is 4.72. The maximum atomic E-state index is 4.69. The summed E-state index contributed by atoms with van der Waals surface area (Å²) >= 11 is 0. The van der Waals surface area contributed by atoms with Gasteiger partial charge in [-0.05, 0) is 42.5 Å². The van der Waals surface area contributed by atoms with Gasteiger partial charge < -0.3 is 10.2 Å². The summed E-state index contributed by atoms with van der Waals surface area (Å²) in [4.78, 5) is 6.94. The summed E-state index contributed by atoms with van der Waals surface area (Å²) in [7, 11) is 0. The Labute approximate surface area is 147 Å². The van der Waals surface area contributed by atoms with Crippen LogP contribution in [-0.2, 0) is 13.0 Å². The minimum atomic E-state index is 0.536. The van der Waals surface area contributed by atoms with Gasteiger partial charge in [-0.15, -0.1) is 5.10 Å². The van der Waals surface area contributed by atoms with E-state index in [0.29, 0.717) is 5.95 Å². The number of anilines is 3. The van der Waals surface area contributed by atoms with Gasteiger partial charge in [0.15, 0.2) is 5.82 Å². The van der Waals surface area contributed by atoms with Crippen LogP contribution in [0, 0.1) is 13.8 Å². The standard InChI is InChI=1S/C20H21N5/c1-14-6-5-7-15(2)19(14)23-20-22-18(12-21-24-20)25-11-10-16-8-3-4-9-17(16)13-25/h3-9,12H,10-11,13H2,1-2H3,(H,22,23,24). The van der Waals surface area contributed by atoms with Gasteiger partial charge >= 0.3 is 0 Å². The van der Waals surface area contributed by atoms with E-state index in [4.69, 9.17) is 0 Å². The molecule has 0 aliphatic carbocycles. The topological polar surface area (TPSA) is 53.9 Å². The van der Waals surface area contributed by atoms with Crippen LogP contribution in [0.5, 0.6) is 0 Å². The van der Waals surface area contributed by atoms with E-state index in [2.05, 4.69) is 81.7 Å². The highest BCUT2D eigenvalue weighted by Gasteiger charge is 2.18. The third kappa shape index (κ3) is 3.18. The Hall–Kier alpha value is -2.95. The number of aryl methyl sites for hydroxylation is 2. The first-order chi connectivity index (χ1) is 12.2. The van der Waals surface area contributed by atoms with Crippen LogP contribution in [-0.4, -0.2) is 21.7 Å². The molecule has 0 saturated heterocycles. The molecule has 2 aromatic carbocycles. The largest absolute Gasteiger partial charge is 0.350 e. The van der Waals surface area contributed by atoms with Crippen molar-refractivity contribution in [2.45, 2.75) is 26.8 Å². The zero-order chi connectivity index (χ0) is 17.2. The minimum absolute atomic E-state index is 0.536. The molecule has 5 nitrogen and oxygen atoms in total. The van der Waals surface area contributed by atoms with Gasteiger partial charge in [-0.2, -0.15) is 10.1 Å². The highest BCUT2D eigenvalue weighted by atomic mass is 15.3. The zero-order valence-electron chi connectivity index (χ0n) is 14.5. The number of nitrogens with one attached hydrogen (secondary N) is 1. The number of fused-ring (bicyclic) bond motifs is 1. The van der Waals surface area contributed by atoms with Crippen molar-refractivity contribution in [1.29, 1.82) is 0 Å². The second-order valence-corrected chi connectivity index (χ2v) is 6.47. The smallest absolute Gasteiger partial charge is 0.249 e. The van der Waals surface area contributed by atoms with Gasteiger partial charge in [0.25, 0.3) is 0 Å². The van der Waals surface area contributed by atoms with Crippen molar-refractivity contribution in [2.75, 3.05) is 16.8 Å². The summed E-state index contributed by atoms with van der Waals surface area (Å²) in [5.41, 5.74) is 6.17. The number of hydrogen-bond acceptors (Lipinski definition) is 5. The fourth-order valence-electron chi connectivity index (χ4n) is 3.31. The summed E-state index contributed by atoms with van der Waals surface area (Å²) in [6, 6.07) is 14.8. The first-order valence-electron chi connectivity index (χ1n) is 8.55. The Morgan fingerprint density at radius 3 is 2.52 bits per heavy atom. The molecule has 0 fully saturated rings. The van der Waals surface area contributed by atoms with Crippen molar-refractivity contribution in [2.24, 2.45) is 0 Å².